The Balaban J connectivity index is 2.00. The molecule has 0 radical (unpaired) electrons. The van der Waals surface area contributed by atoms with Crippen LogP contribution >= 0.6 is 0 Å². The van der Waals surface area contributed by atoms with Gasteiger partial charge in [-0.1, -0.05) is 60.7 Å². The molecule has 3 rings (SSSR count). The molecule has 0 saturated heterocycles. The summed E-state index contributed by atoms with van der Waals surface area (Å²) >= 11 is 0. The maximum Gasteiger partial charge on any atom is 0.0652 e. The molecule has 2 aromatic rings. The molecule has 19 heavy (non-hydrogen) atoms. The van der Waals surface area contributed by atoms with Crippen molar-refractivity contribution in [3.05, 3.63) is 77.9 Å². The van der Waals surface area contributed by atoms with E-state index in [1.54, 1.807) is 0 Å². The van der Waals surface area contributed by atoms with Crippen LogP contribution in [0.25, 0.3) is 5.57 Å². The molecule has 1 nitrogen and oxygen atoms in total. The van der Waals surface area contributed by atoms with E-state index in [1.165, 1.54) is 16.7 Å². The summed E-state index contributed by atoms with van der Waals surface area (Å²) in [6.45, 7) is 2.18. The molecule has 0 spiro atoms. The normalized spacial score (nSPS) is 18.7. The second kappa shape index (κ2) is 5.23. The van der Waals surface area contributed by atoms with E-state index in [0.717, 1.165) is 12.1 Å². The Morgan fingerprint density at radius 3 is 2.05 bits per heavy atom. The van der Waals surface area contributed by atoms with Crippen LogP contribution in [0.2, 0.25) is 0 Å². The molecule has 0 aromatic heterocycles. The largest absolute Gasteiger partial charge is 0.281 e. The van der Waals surface area contributed by atoms with Gasteiger partial charge in [-0.15, -0.1) is 0 Å². The van der Waals surface area contributed by atoms with Crippen molar-refractivity contribution in [1.29, 1.82) is 0 Å². The number of hydrogen-bond donors (Lipinski definition) is 0. The van der Waals surface area contributed by atoms with E-state index in [9.17, 15) is 0 Å². The standard InChI is InChI=1S/C18H17N/c1-14-12-17(15-8-4-2-5-9-15)13-18(19-14)16-10-6-3-7-11-16/h2-11,13-14H,12H2,1H3. The van der Waals surface area contributed by atoms with Gasteiger partial charge in [0.25, 0.3) is 0 Å². The number of allylic oxidation sites excluding steroid dienone is 1. The van der Waals surface area contributed by atoms with Crippen LogP contribution in [0.3, 0.4) is 0 Å². The smallest absolute Gasteiger partial charge is 0.0652 e. The molecule has 1 atom stereocenters. The molecular weight excluding hydrogens is 230 g/mol. The average molecular weight is 247 g/mol. The number of dihydropyridines is 1. The summed E-state index contributed by atoms with van der Waals surface area (Å²) in [7, 11) is 0. The third-order valence-electron chi connectivity index (χ3n) is 3.40. The van der Waals surface area contributed by atoms with Crippen LogP contribution in [0, 0.1) is 0 Å². The molecule has 1 heteroatoms. The lowest BCUT2D eigenvalue weighted by Gasteiger charge is -2.19. The van der Waals surface area contributed by atoms with E-state index in [0.29, 0.717) is 6.04 Å². The number of hydrogen-bond acceptors (Lipinski definition) is 1. The lowest BCUT2D eigenvalue weighted by molar-refractivity contribution is 0.764. The van der Waals surface area contributed by atoms with E-state index >= 15 is 0 Å². The Labute approximate surface area is 114 Å². The average Bonchev–Trinajstić information content (AvgIpc) is 2.48. The monoisotopic (exact) mass is 247 g/mol. The van der Waals surface area contributed by atoms with Crippen LogP contribution in [0.1, 0.15) is 24.5 Å². The van der Waals surface area contributed by atoms with Gasteiger partial charge in [0.1, 0.15) is 0 Å². The zero-order valence-electron chi connectivity index (χ0n) is 11.1. The third kappa shape index (κ3) is 2.65. The molecule has 0 amide bonds. The van der Waals surface area contributed by atoms with E-state index in [-0.39, 0.29) is 0 Å². The van der Waals surface area contributed by atoms with Crippen LogP contribution in [0.5, 0.6) is 0 Å². The SMILES string of the molecule is CC1CC(c2ccccc2)=CC(c2ccccc2)=N1. The Bertz CT molecular complexity index is 609. The Kier molecular flexibility index (Phi) is 3.28. The van der Waals surface area contributed by atoms with Gasteiger partial charge in [0, 0.05) is 0 Å². The van der Waals surface area contributed by atoms with E-state index in [4.69, 9.17) is 4.99 Å². The van der Waals surface area contributed by atoms with Gasteiger partial charge in [0.05, 0.1) is 11.8 Å². The van der Waals surface area contributed by atoms with E-state index < -0.39 is 0 Å². The molecular formula is C18H17N. The summed E-state index contributed by atoms with van der Waals surface area (Å²) in [4.78, 5) is 4.77. The van der Waals surface area contributed by atoms with Crippen molar-refractivity contribution < 1.29 is 0 Å². The first-order valence-electron chi connectivity index (χ1n) is 6.72. The van der Waals surface area contributed by atoms with Crippen molar-refractivity contribution in [3.63, 3.8) is 0 Å². The summed E-state index contributed by atoms with van der Waals surface area (Å²) in [5, 5.41) is 0. The molecule has 0 saturated carbocycles. The highest BCUT2D eigenvalue weighted by molar-refractivity contribution is 6.13. The van der Waals surface area contributed by atoms with Gasteiger partial charge in [-0.25, -0.2) is 0 Å². The van der Waals surface area contributed by atoms with Crippen molar-refractivity contribution in [1.82, 2.24) is 0 Å². The highest BCUT2D eigenvalue weighted by Crippen LogP contribution is 2.26. The first kappa shape index (κ1) is 11.9. The van der Waals surface area contributed by atoms with Crippen LogP contribution < -0.4 is 0 Å². The van der Waals surface area contributed by atoms with Gasteiger partial charge in [-0.2, -0.15) is 0 Å². The number of aliphatic imine (C=N–C) groups is 1. The first-order valence-corrected chi connectivity index (χ1v) is 6.72. The fourth-order valence-electron chi connectivity index (χ4n) is 2.48. The highest BCUT2D eigenvalue weighted by Gasteiger charge is 2.14. The van der Waals surface area contributed by atoms with E-state index in [2.05, 4.69) is 67.6 Å². The van der Waals surface area contributed by atoms with E-state index in [1.807, 2.05) is 6.07 Å². The minimum absolute atomic E-state index is 0.343. The second-order valence-electron chi connectivity index (χ2n) is 4.97. The third-order valence-corrected chi connectivity index (χ3v) is 3.40. The second-order valence-corrected chi connectivity index (χ2v) is 4.97. The lowest BCUT2D eigenvalue weighted by atomic mass is 9.93. The van der Waals surface area contributed by atoms with Gasteiger partial charge < -0.3 is 0 Å². The quantitative estimate of drug-likeness (QED) is 0.748. The Morgan fingerprint density at radius 2 is 1.42 bits per heavy atom. The maximum atomic E-state index is 4.77. The fourth-order valence-corrected chi connectivity index (χ4v) is 2.48. The molecule has 1 heterocycles. The minimum Gasteiger partial charge on any atom is -0.281 e. The number of benzene rings is 2. The summed E-state index contributed by atoms with van der Waals surface area (Å²) in [5.74, 6) is 0. The van der Waals surface area contributed by atoms with Crippen LogP contribution in [-0.2, 0) is 0 Å². The predicted octanol–water partition coefficient (Wildman–Crippen LogP) is 4.35. The Hall–Kier alpha value is -2.15. The zero-order valence-corrected chi connectivity index (χ0v) is 11.1. The van der Waals surface area contributed by atoms with Crippen molar-refractivity contribution >= 4 is 11.3 Å². The predicted molar refractivity (Wildman–Crippen MR) is 81.5 cm³/mol. The van der Waals surface area contributed by atoms with Gasteiger partial charge >= 0.3 is 0 Å². The van der Waals surface area contributed by atoms with Crippen molar-refractivity contribution in [2.75, 3.05) is 0 Å². The summed E-state index contributed by atoms with van der Waals surface area (Å²) < 4.78 is 0. The molecule has 94 valence electrons. The van der Waals surface area contributed by atoms with Gasteiger partial charge in [-0.05, 0) is 36.1 Å². The molecule has 1 unspecified atom stereocenters. The van der Waals surface area contributed by atoms with Crippen LogP contribution in [-0.4, -0.2) is 11.8 Å². The van der Waals surface area contributed by atoms with Gasteiger partial charge in [0.15, 0.2) is 0 Å². The Morgan fingerprint density at radius 1 is 0.842 bits per heavy atom. The summed E-state index contributed by atoms with van der Waals surface area (Å²) in [6.07, 6.45) is 3.24. The topological polar surface area (TPSA) is 12.4 Å². The van der Waals surface area contributed by atoms with Gasteiger partial charge in [-0.3, -0.25) is 4.99 Å². The zero-order chi connectivity index (χ0) is 13.1. The molecule has 2 aromatic carbocycles. The van der Waals surface area contributed by atoms with Gasteiger partial charge in [0.2, 0.25) is 0 Å². The maximum absolute atomic E-state index is 4.77. The lowest BCUT2D eigenvalue weighted by Crippen LogP contribution is -2.12. The molecule has 1 aliphatic rings. The van der Waals surface area contributed by atoms with Crippen LogP contribution in [0.15, 0.2) is 71.7 Å². The highest BCUT2D eigenvalue weighted by atomic mass is 14.8. The molecule has 0 N–H and O–H groups in total. The fraction of sp³-hybridized carbons (Fsp3) is 0.167. The molecule has 1 aliphatic heterocycles. The van der Waals surface area contributed by atoms with Crippen molar-refractivity contribution in [2.24, 2.45) is 4.99 Å². The molecule has 0 aliphatic carbocycles. The first-order chi connectivity index (χ1) is 9.33. The number of rotatable bonds is 2. The molecule has 0 bridgehead atoms. The summed E-state index contributed by atoms with van der Waals surface area (Å²) in [5.41, 5.74) is 4.97. The van der Waals surface area contributed by atoms with Crippen molar-refractivity contribution in [3.8, 4) is 0 Å². The number of nitrogens with zero attached hydrogens (tertiary/aromatic N) is 1. The minimum atomic E-state index is 0.343. The molecule has 0 fully saturated rings. The summed E-state index contributed by atoms with van der Waals surface area (Å²) in [6, 6.07) is 21.3. The van der Waals surface area contributed by atoms with Crippen molar-refractivity contribution in [2.45, 2.75) is 19.4 Å². The van der Waals surface area contributed by atoms with Crippen LogP contribution in [0.4, 0.5) is 0 Å².